The van der Waals surface area contributed by atoms with Crippen molar-refractivity contribution in [2.45, 2.75) is 0 Å². The van der Waals surface area contributed by atoms with E-state index < -0.39 is 0 Å². The first-order chi connectivity index (χ1) is 1.91. The van der Waals surface area contributed by atoms with Crippen LogP contribution in [0.4, 0.5) is 0 Å². The summed E-state index contributed by atoms with van der Waals surface area (Å²) in [6.07, 6.45) is 0.250. The summed E-state index contributed by atoms with van der Waals surface area (Å²) in [4.78, 5) is 0. The van der Waals surface area contributed by atoms with Crippen molar-refractivity contribution in [2.75, 3.05) is 6.44 Å². The number of hydrogen-bond donors (Lipinski definition) is 2. The van der Waals surface area contributed by atoms with Crippen molar-refractivity contribution >= 4 is 7.48 Å². The van der Waals surface area contributed by atoms with Crippen LogP contribution in [0, 0.1) is 0 Å². The summed E-state index contributed by atoms with van der Waals surface area (Å²) in [5.74, 6) is 0. The molecule has 0 aromatic rings. The molecule has 2 radical (unpaired) electrons. The molecule has 0 aliphatic heterocycles. The maximum Gasteiger partial charge on any atom is 0.302 e. The molecule has 0 bridgehead atoms. The van der Waals surface area contributed by atoms with Gasteiger partial charge in [-0.05, 0) is 6.44 Å². The van der Waals surface area contributed by atoms with Crippen molar-refractivity contribution in [3.63, 3.8) is 0 Å². The first-order valence-corrected chi connectivity index (χ1v) is 1.07. The second kappa shape index (κ2) is 8.82. The predicted octanol–water partition coefficient (Wildman–Crippen LogP) is -1.49. The standard InChI is InChI=1S/CH5BNO.Rh/c3-1-2-4;/h4H,1,3H2;. The summed E-state index contributed by atoms with van der Waals surface area (Å²) in [5, 5.41) is 7.62. The van der Waals surface area contributed by atoms with Gasteiger partial charge in [0.1, 0.15) is 0 Å². The molecule has 0 rings (SSSR count). The molecule has 0 heterocycles. The van der Waals surface area contributed by atoms with Crippen LogP contribution in [0.5, 0.6) is 0 Å². The quantitative estimate of drug-likeness (QED) is 0.460. The molecule has 0 saturated carbocycles. The topological polar surface area (TPSA) is 46.2 Å². The summed E-state index contributed by atoms with van der Waals surface area (Å²) in [5.41, 5.74) is 4.72. The third kappa shape index (κ3) is 12.1. The Balaban J connectivity index is 0. The summed E-state index contributed by atoms with van der Waals surface area (Å²) in [7, 11) is 0.903. The first kappa shape index (κ1) is 9.15. The van der Waals surface area contributed by atoms with Gasteiger partial charge in [0.15, 0.2) is 0 Å². The van der Waals surface area contributed by atoms with Crippen molar-refractivity contribution in [1.82, 2.24) is 0 Å². The third-order valence-electron chi connectivity index (χ3n) is 0.105. The molecule has 32 valence electrons. The van der Waals surface area contributed by atoms with E-state index in [1.165, 1.54) is 0 Å². The van der Waals surface area contributed by atoms with E-state index >= 15 is 0 Å². The van der Waals surface area contributed by atoms with Crippen molar-refractivity contribution in [3.8, 4) is 0 Å². The van der Waals surface area contributed by atoms with Gasteiger partial charge in [-0.3, -0.25) is 0 Å². The smallest absolute Gasteiger partial charge is 0.302 e. The Bertz CT molecular complexity index is 13.6. The van der Waals surface area contributed by atoms with Gasteiger partial charge in [0.2, 0.25) is 0 Å². The number of nitrogens with two attached hydrogens (primary N) is 1. The van der Waals surface area contributed by atoms with E-state index in [0.29, 0.717) is 0 Å². The minimum atomic E-state index is 0. The molecule has 2 nitrogen and oxygen atoms in total. The summed E-state index contributed by atoms with van der Waals surface area (Å²) >= 11 is 0. The molecule has 0 aliphatic carbocycles. The minimum Gasteiger partial charge on any atom is -0.453 e. The van der Waals surface area contributed by atoms with Gasteiger partial charge in [0, 0.05) is 19.5 Å². The van der Waals surface area contributed by atoms with E-state index in [2.05, 4.69) is 0 Å². The van der Waals surface area contributed by atoms with Gasteiger partial charge in [-0.2, -0.15) is 0 Å². The molecule has 4 heteroatoms. The van der Waals surface area contributed by atoms with Crippen LogP contribution in [-0.4, -0.2) is 19.0 Å². The average Bonchev–Trinajstić information content (AvgIpc) is 1.37. The van der Waals surface area contributed by atoms with E-state index in [9.17, 15) is 0 Å². The maximum atomic E-state index is 7.62. The van der Waals surface area contributed by atoms with Gasteiger partial charge in [-0.25, -0.2) is 0 Å². The van der Waals surface area contributed by atoms with Gasteiger partial charge >= 0.3 is 7.48 Å². The molecule has 0 aromatic heterocycles. The second-order valence-electron chi connectivity index (χ2n) is 0.418. The third-order valence-corrected chi connectivity index (χ3v) is 0.105. The SMILES string of the molecule is NC[B]O.[Rh]. The summed E-state index contributed by atoms with van der Waals surface area (Å²) < 4.78 is 0. The average molecular weight is 161 g/mol. The molecule has 0 aromatic carbocycles. The number of hydrogen-bond acceptors (Lipinski definition) is 2. The monoisotopic (exact) mass is 161 g/mol. The Morgan fingerprint density at radius 2 is 2.00 bits per heavy atom. The van der Waals surface area contributed by atoms with Gasteiger partial charge < -0.3 is 10.8 Å². The maximum absolute atomic E-state index is 7.62. The van der Waals surface area contributed by atoms with Crippen LogP contribution in [0.25, 0.3) is 0 Å². The Morgan fingerprint density at radius 1 is 1.80 bits per heavy atom. The Hall–Kier alpha value is 0.608. The second-order valence-corrected chi connectivity index (χ2v) is 0.418. The van der Waals surface area contributed by atoms with Crippen LogP contribution in [0.3, 0.4) is 0 Å². The fourth-order valence-electron chi connectivity index (χ4n) is 0. The van der Waals surface area contributed by atoms with E-state index in [1.54, 1.807) is 0 Å². The Morgan fingerprint density at radius 3 is 2.00 bits per heavy atom. The predicted molar refractivity (Wildman–Crippen MR) is 17.0 cm³/mol. The molecule has 0 saturated heterocycles. The molecule has 5 heavy (non-hydrogen) atoms. The normalized spacial score (nSPS) is 5.20. The molecule has 0 fully saturated rings. The van der Waals surface area contributed by atoms with Crippen LogP contribution in [0.15, 0.2) is 0 Å². The van der Waals surface area contributed by atoms with E-state index in [4.69, 9.17) is 10.8 Å². The molecule has 3 N–H and O–H groups in total. The summed E-state index contributed by atoms with van der Waals surface area (Å²) in [6.45, 7) is 0. The van der Waals surface area contributed by atoms with Crippen LogP contribution >= 0.6 is 0 Å². The molecule has 0 spiro atoms. The number of rotatable bonds is 1. The fourth-order valence-corrected chi connectivity index (χ4v) is 0. The van der Waals surface area contributed by atoms with Gasteiger partial charge in [0.05, 0.1) is 0 Å². The minimum absolute atomic E-state index is 0. The first-order valence-electron chi connectivity index (χ1n) is 1.07. The van der Waals surface area contributed by atoms with Gasteiger partial charge in [0.25, 0.3) is 0 Å². The van der Waals surface area contributed by atoms with Crippen molar-refractivity contribution in [3.05, 3.63) is 0 Å². The molecular formula is CH5BNORh. The Kier molecular flexibility index (Phi) is 16.1. The van der Waals surface area contributed by atoms with Crippen molar-refractivity contribution < 1.29 is 24.5 Å². The zero-order valence-electron chi connectivity index (χ0n) is 2.64. The van der Waals surface area contributed by atoms with Crippen LogP contribution in [0.1, 0.15) is 0 Å². The molecule has 0 atom stereocenters. The van der Waals surface area contributed by atoms with Crippen LogP contribution in [-0.2, 0) is 19.5 Å². The largest absolute Gasteiger partial charge is 0.453 e. The van der Waals surface area contributed by atoms with E-state index in [-0.39, 0.29) is 25.9 Å². The summed E-state index contributed by atoms with van der Waals surface area (Å²) in [6, 6.07) is 0. The molecule has 0 amide bonds. The van der Waals surface area contributed by atoms with Crippen molar-refractivity contribution in [1.29, 1.82) is 0 Å². The fraction of sp³-hybridized carbons (Fsp3) is 1.00. The zero-order chi connectivity index (χ0) is 3.41. The van der Waals surface area contributed by atoms with E-state index in [0.717, 1.165) is 7.48 Å². The van der Waals surface area contributed by atoms with Gasteiger partial charge in [-0.1, -0.05) is 0 Å². The Labute approximate surface area is 44.8 Å². The van der Waals surface area contributed by atoms with Crippen molar-refractivity contribution in [2.24, 2.45) is 5.73 Å². The van der Waals surface area contributed by atoms with Gasteiger partial charge in [-0.15, -0.1) is 0 Å². The molecular weight excluding hydrogens is 156 g/mol. The van der Waals surface area contributed by atoms with E-state index in [1.807, 2.05) is 0 Å². The van der Waals surface area contributed by atoms with Crippen LogP contribution < -0.4 is 5.73 Å². The molecule has 0 unspecified atom stereocenters. The van der Waals surface area contributed by atoms with Crippen LogP contribution in [0.2, 0.25) is 0 Å². The zero-order valence-corrected chi connectivity index (χ0v) is 4.28. The molecule has 0 aliphatic rings.